The van der Waals surface area contributed by atoms with Gasteiger partial charge in [0.2, 0.25) is 6.34 Å². The first kappa shape index (κ1) is 17.2. The van der Waals surface area contributed by atoms with Gasteiger partial charge in [0.05, 0.1) is 11.9 Å². The maximum absolute atomic E-state index is 14.4. The average molecular weight is 350 g/mol. The summed E-state index contributed by atoms with van der Waals surface area (Å²) < 4.78 is 41.8. The second kappa shape index (κ2) is 6.69. The zero-order chi connectivity index (χ0) is 18.0. The van der Waals surface area contributed by atoms with Crippen molar-refractivity contribution in [3.63, 3.8) is 0 Å². The lowest BCUT2D eigenvalue weighted by atomic mass is 9.79. The number of aliphatic imine (C=N–C) groups is 1. The smallest absolute Gasteiger partial charge is 0.216 e. The summed E-state index contributed by atoms with van der Waals surface area (Å²) in [6.45, 7) is 1.35. The molecule has 1 aliphatic heterocycles. The summed E-state index contributed by atoms with van der Waals surface area (Å²) >= 11 is 0. The lowest BCUT2D eigenvalue weighted by Crippen LogP contribution is -3.07. The van der Waals surface area contributed by atoms with E-state index >= 15 is 0 Å². The van der Waals surface area contributed by atoms with Gasteiger partial charge in [-0.05, 0) is 6.07 Å². The number of hydrogen-bond donors (Lipinski definition) is 2. The number of hydrogen-bond acceptors (Lipinski definition) is 5. The molecule has 6 nitrogen and oxygen atoms in total. The Bertz CT molecular complexity index is 832. The topological polar surface area (TPSA) is 75.2 Å². The van der Waals surface area contributed by atoms with E-state index in [0.717, 1.165) is 24.7 Å². The van der Waals surface area contributed by atoms with Gasteiger partial charge in [-0.1, -0.05) is 18.1 Å². The van der Waals surface area contributed by atoms with Crippen LogP contribution < -0.4 is 5.01 Å². The number of aromatic nitrogens is 2. The van der Waals surface area contributed by atoms with Crippen LogP contribution in [0.25, 0.3) is 0 Å². The normalized spacial score (nSPS) is 19.8. The van der Waals surface area contributed by atoms with E-state index in [-0.39, 0.29) is 17.8 Å². The van der Waals surface area contributed by atoms with Crippen LogP contribution in [-0.4, -0.2) is 34.3 Å². The van der Waals surface area contributed by atoms with E-state index in [1.54, 1.807) is 0 Å². The minimum atomic E-state index is -1.92. The Hall–Kier alpha value is -2.65. The molecule has 130 valence electrons. The number of aliphatic hydroxyl groups is 1. The molecule has 3 unspecified atom stereocenters. The predicted octanol–water partition coefficient (Wildman–Crippen LogP) is 0.755. The maximum atomic E-state index is 14.4. The van der Waals surface area contributed by atoms with Crippen molar-refractivity contribution in [1.82, 2.24) is 9.97 Å². The molecule has 0 bridgehead atoms. The van der Waals surface area contributed by atoms with E-state index in [9.17, 15) is 18.3 Å². The molecule has 0 aliphatic carbocycles. The van der Waals surface area contributed by atoms with Gasteiger partial charge < -0.3 is 5.11 Å². The highest BCUT2D eigenvalue weighted by Crippen LogP contribution is 2.37. The van der Waals surface area contributed by atoms with Crippen LogP contribution in [0, 0.1) is 17.5 Å². The van der Waals surface area contributed by atoms with Crippen molar-refractivity contribution in [2.75, 3.05) is 6.54 Å². The molecule has 2 aromatic rings. The van der Waals surface area contributed by atoms with E-state index in [1.807, 2.05) is 0 Å². The molecule has 2 N–H and O–H groups in total. The van der Waals surface area contributed by atoms with Crippen LogP contribution in [0.15, 0.2) is 40.8 Å². The predicted molar refractivity (Wildman–Crippen MR) is 83.5 cm³/mol. The Morgan fingerprint density at radius 1 is 1.24 bits per heavy atom. The third-order valence-corrected chi connectivity index (χ3v) is 4.18. The Labute approximate surface area is 141 Å². The van der Waals surface area contributed by atoms with E-state index in [1.165, 1.54) is 19.6 Å². The quantitative estimate of drug-likeness (QED) is 0.836. The van der Waals surface area contributed by atoms with Gasteiger partial charge in [0, 0.05) is 17.5 Å². The van der Waals surface area contributed by atoms with Crippen molar-refractivity contribution in [2.45, 2.75) is 18.4 Å². The van der Waals surface area contributed by atoms with Crippen LogP contribution >= 0.6 is 0 Å². The number of rotatable bonds is 5. The van der Waals surface area contributed by atoms with Crippen LogP contribution in [0.4, 0.5) is 13.2 Å². The summed E-state index contributed by atoms with van der Waals surface area (Å²) in [5.41, 5.74) is -2.18. The summed E-state index contributed by atoms with van der Waals surface area (Å²) in [7, 11) is 0. The molecule has 9 heteroatoms. The number of nitrogens with zero attached hydrogens (tertiary/aromatic N) is 4. The van der Waals surface area contributed by atoms with Crippen LogP contribution in [0.1, 0.15) is 24.1 Å². The fraction of sp³-hybridized carbons (Fsp3) is 0.250. The molecule has 0 saturated heterocycles. The third kappa shape index (κ3) is 3.28. The van der Waals surface area contributed by atoms with Crippen molar-refractivity contribution >= 4 is 12.7 Å². The molecule has 25 heavy (non-hydrogen) atoms. The van der Waals surface area contributed by atoms with Gasteiger partial charge in [-0.3, -0.25) is 0 Å². The first-order chi connectivity index (χ1) is 11.9. The zero-order valence-electron chi connectivity index (χ0n) is 13.2. The fourth-order valence-electron chi connectivity index (χ4n) is 2.82. The fourth-order valence-corrected chi connectivity index (χ4v) is 2.82. The van der Waals surface area contributed by atoms with Crippen molar-refractivity contribution in [3.05, 3.63) is 59.4 Å². The minimum absolute atomic E-state index is 0.0826. The number of benzene rings is 1. The molecule has 3 rings (SSSR count). The van der Waals surface area contributed by atoms with Gasteiger partial charge in [0.1, 0.15) is 24.5 Å². The molecule has 0 saturated carbocycles. The van der Waals surface area contributed by atoms with Crippen LogP contribution in [0.2, 0.25) is 0 Å². The Morgan fingerprint density at radius 3 is 2.68 bits per heavy atom. The summed E-state index contributed by atoms with van der Waals surface area (Å²) in [5.74, 6) is -3.42. The summed E-state index contributed by atoms with van der Waals surface area (Å²) in [6, 6.07) is 2.83. The molecule has 1 aliphatic rings. The van der Waals surface area contributed by atoms with Gasteiger partial charge in [-0.2, -0.15) is 10.0 Å². The molecular weight excluding hydrogens is 335 g/mol. The SMILES string of the molecule is CC(c1ncncc1F)C(O)(C[NH+]1C=NC=N1)c1ccc(F)cc1F. The standard InChI is InChI=1S/C16H14F3N5O/c1-10(15-14(19)5-20-7-22-15)16(25,6-24-9-21-8-23-24)12-3-2-11(17)4-13(12)18/h2-5,7-10,25H,6H2,1H3/p+1. The van der Waals surface area contributed by atoms with Crippen molar-refractivity contribution in [3.8, 4) is 0 Å². The maximum Gasteiger partial charge on any atom is 0.216 e. The summed E-state index contributed by atoms with van der Waals surface area (Å²) in [6.07, 6.45) is 4.80. The van der Waals surface area contributed by atoms with Gasteiger partial charge in [0.15, 0.2) is 17.8 Å². The highest BCUT2D eigenvalue weighted by atomic mass is 19.1. The monoisotopic (exact) mass is 350 g/mol. The van der Waals surface area contributed by atoms with Crippen LogP contribution in [-0.2, 0) is 5.60 Å². The molecular formula is C16H15F3N5O+. The average Bonchev–Trinajstić information content (AvgIpc) is 3.07. The molecule has 1 aromatic carbocycles. The first-order valence-electron chi connectivity index (χ1n) is 7.46. The van der Waals surface area contributed by atoms with Gasteiger partial charge in [-0.25, -0.2) is 23.1 Å². The lowest BCUT2D eigenvalue weighted by Gasteiger charge is -2.33. The molecule has 2 heterocycles. The second-order valence-corrected chi connectivity index (χ2v) is 5.72. The van der Waals surface area contributed by atoms with Crippen molar-refractivity contribution in [1.29, 1.82) is 0 Å². The van der Waals surface area contributed by atoms with Gasteiger partial charge in [0.25, 0.3) is 0 Å². The van der Waals surface area contributed by atoms with Crippen molar-refractivity contribution < 1.29 is 23.3 Å². The van der Waals surface area contributed by atoms with E-state index < -0.39 is 29.0 Å². The van der Waals surface area contributed by atoms with E-state index in [0.29, 0.717) is 11.1 Å². The molecule has 0 amide bonds. The molecule has 0 radical (unpaired) electrons. The van der Waals surface area contributed by atoms with Crippen molar-refractivity contribution in [2.24, 2.45) is 10.1 Å². The Morgan fingerprint density at radius 2 is 2.04 bits per heavy atom. The number of quaternary nitrogens is 1. The molecule has 0 spiro atoms. The summed E-state index contributed by atoms with van der Waals surface area (Å²) in [4.78, 5) is 11.3. The van der Waals surface area contributed by atoms with E-state index in [4.69, 9.17) is 0 Å². The van der Waals surface area contributed by atoms with Gasteiger partial charge in [-0.15, -0.1) is 0 Å². The molecule has 1 aromatic heterocycles. The number of halogens is 3. The lowest BCUT2D eigenvalue weighted by molar-refractivity contribution is -0.813. The summed E-state index contributed by atoms with van der Waals surface area (Å²) in [5, 5.41) is 15.7. The van der Waals surface area contributed by atoms with Gasteiger partial charge >= 0.3 is 0 Å². The van der Waals surface area contributed by atoms with Crippen LogP contribution in [0.5, 0.6) is 0 Å². The molecule has 0 fully saturated rings. The van der Waals surface area contributed by atoms with E-state index in [2.05, 4.69) is 20.1 Å². The number of nitrogens with one attached hydrogen (secondary N) is 1. The Kier molecular flexibility index (Phi) is 4.60. The largest absolute Gasteiger partial charge is 0.378 e. The minimum Gasteiger partial charge on any atom is -0.378 e. The highest BCUT2D eigenvalue weighted by Gasteiger charge is 2.45. The third-order valence-electron chi connectivity index (χ3n) is 4.18. The second-order valence-electron chi connectivity index (χ2n) is 5.72. The zero-order valence-corrected chi connectivity index (χ0v) is 13.2. The first-order valence-corrected chi connectivity index (χ1v) is 7.46. The molecule has 3 atom stereocenters. The van der Waals surface area contributed by atoms with Crippen LogP contribution in [0.3, 0.4) is 0 Å². The highest BCUT2D eigenvalue weighted by molar-refractivity contribution is 5.69. The Balaban J connectivity index is 2.09.